The van der Waals surface area contributed by atoms with E-state index in [4.69, 9.17) is 5.11 Å². The zero-order chi connectivity index (χ0) is 16.5. The molecule has 0 aliphatic heterocycles. The van der Waals surface area contributed by atoms with Crippen molar-refractivity contribution in [2.45, 2.75) is 26.0 Å². The van der Waals surface area contributed by atoms with E-state index in [-0.39, 0.29) is 24.7 Å². The van der Waals surface area contributed by atoms with Gasteiger partial charge in [0, 0.05) is 26.6 Å². The standard InChI is InChI=1S/C14H18F2N2O4/c1-18(14(21)17-8-2-3-12(19)20)9-10-4-6-11(7-5-10)22-13(15)16/h4-7,13H,2-3,8-9H2,1H3,(H,17,21)(H,19,20). The normalized spacial score (nSPS) is 10.4. The molecule has 0 saturated heterocycles. The van der Waals surface area contributed by atoms with Crippen LogP contribution in [0.2, 0.25) is 0 Å². The van der Waals surface area contributed by atoms with Gasteiger partial charge in [0.15, 0.2) is 0 Å². The zero-order valence-corrected chi connectivity index (χ0v) is 12.1. The first-order valence-corrected chi connectivity index (χ1v) is 6.63. The van der Waals surface area contributed by atoms with Crippen molar-refractivity contribution < 1.29 is 28.2 Å². The number of urea groups is 1. The Morgan fingerprint density at radius 1 is 1.32 bits per heavy atom. The van der Waals surface area contributed by atoms with E-state index in [9.17, 15) is 18.4 Å². The van der Waals surface area contributed by atoms with Crippen LogP contribution in [0.25, 0.3) is 0 Å². The topological polar surface area (TPSA) is 78.9 Å². The van der Waals surface area contributed by atoms with Gasteiger partial charge in [-0.2, -0.15) is 8.78 Å². The summed E-state index contributed by atoms with van der Waals surface area (Å²) in [4.78, 5) is 23.5. The lowest BCUT2D eigenvalue weighted by Gasteiger charge is -2.18. The van der Waals surface area contributed by atoms with Gasteiger partial charge in [-0.05, 0) is 24.1 Å². The summed E-state index contributed by atoms with van der Waals surface area (Å²) in [6, 6.07) is 5.65. The molecule has 0 fully saturated rings. The number of ether oxygens (including phenoxy) is 1. The molecule has 0 unspecified atom stereocenters. The summed E-state index contributed by atoms with van der Waals surface area (Å²) in [5.41, 5.74) is 0.754. The van der Waals surface area contributed by atoms with Crippen molar-refractivity contribution in [3.8, 4) is 5.75 Å². The lowest BCUT2D eigenvalue weighted by Crippen LogP contribution is -2.37. The van der Waals surface area contributed by atoms with E-state index in [1.807, 2.05) is 0 Å². The number of halogens is 2. The van der Waals surface area contributed by atoms with Gasteiger partial charge in [-0.1, -0.05) is 12.1 Å². The van der Waals surface area contributed by atoms with E-state index < -0.39 is 12.6 Å². The molecule has 2 N–H and O–H groups in total. The highest BCUT2D eigenvalue weighted by Gasteiger charge is 2.09. The molecule has 0 heterocycles. The summed E-state index contributed by atoms with van der Waals surface area (Å²) in [6.07, 6.45) is 0.351. The number of carbonyl (C=O) groups is 2. The van der Waals surface area contributed by atoms with Crippen LogP contribution >= 0.6 is 0 Å². The smallest absolute Gasteiger partial charge is 0.387 e. The molecule has 0 spiro atoms. The van der Waals surface area contributed by atoms with E-state index in [2.05, 4.69) is 10.1 Å². The molecule has 1 aromatic carbocycles. The van der Waals surface area contributed by atoms with E-state index in [1.165, 1.54) is 17.0 Å². The Morgan fingerprint density at radius 2 is 1.95 bits per heavy atom. The lowest BCUT2D eigenvalue weighted by atomic mass is 10.2. The fourth-order valence-corrected chi connectivity index (χ4v) is 1.69. The number of amides is 2. The Labute approximate surface area is 126 Å². The monoisotopic (exact) mass is 316 g/mol. The summed E-state index contributed by atoms with van der Waals surface area (Å²) < 4.78 is 28.3. The van der Waals surface area contributed by atoms with Crippen LogP contribution in [-0.4, -0.2) is 42.2 Å². The Kier molecular flexibility index (Phi) is 7.07. The van der Waals surface area contributed by atoms with Gasteiger partial charge >= 0.3 is 18.6 Å². The fourth-order valence-electron chi connectivity index (χ4n) is 1.69. The fraction of sp³-hybridized carbons (Fsp3) is 0.429. The molecule has 122 valence electrons. The molecular weight excluding hydrogens is 298 g/mol. The minimum absolute atomic E-state index is 0.00437. The van der Waals surface area contributed by atoms with Crippen LogP contribution in [0.1, 0.15) is 18.4 Å². The van der Waals surface area contributed by atoms with Crippen LogP contribution < -0.4 is 10.1 Å². The maximum absolute atomic E-state index is 12.0. The molecule has 0 radical (unpaired) electrons. The van der Waals surface area contributed by atoms with E-state index in [0.29, 0.717) is 13.0 Å². The molecule has 22 heavy (non-hydrogen) atoms. The van der Waals surface area contributed by atoms with Gasteiger partial charge in [0.25, 0.3) is 0 Å². The van der Waals surface area contributed by atoms with Crippen molar-refractivity contribution in [1.82, 2.24) is 10.2 Å². The first kappa shape index (κ1) is 17.7. The molecule has 0 aliphatic carbocycles. The number of nitrogens with one attached hydrogen (secondary N) is 1. The van der Waals surface area contributed by atoms with Crippen molar-refractivity contribution in [2.75, 3.05) is 13.6 Å². The summed E-state index contributed by atoms with van der Waals surface area (Å²) in [7, 11) is 1.58. The molecular formula is C14H18F2N2O4. The third-order valence-corrected chi connectivity index (χ3v) is 2.76. The van der Waals surface area contributed by atoms with Crippen LogP contribution in [0.5, 0.6) is 5.75 Å². The molecule has 1 rings (SSSR count). The molecule has 2 amide bonds. The quantitative estimate of drug-likeness (QED) is 0.721. The zero-order valence-electron chi connectivity index (χ0n) is 12.1. The Bertz CT molecular complexity index is 494. The minimum Gasteiger partial charge on any atom is -0.481 e. The second-order valence-corrected chi connectivity index (χ2v) is 4.61. The summed E-state index contributed by atoms with van der Waals surface area (Å²) in [5, 5.41) is 11.1. The number of aliphatic carboxylic acids is 1. The third-order valence-electron chi connectivity index (χ3n) is 2.76. The Balaban J connectivity index is 2.38. The third kappa shape index (κ3) is 6.87. The van der Waals surface area contributed by atoms with Crippen molar-refractivity contribution in [3.05, 3.63) is 29.8 Å². The number of alkyl halides is 2. The number of carbonyl (C=O) groups excluding carboxylic acids is 1. The maximum atomic E-state index is 12.0. The number of nitrogens with zero attached hydrogens (tertiary/aromatic N) is 1. The number of rotatable bonds is 8. The summed E-state index contributed by atoms with van der Waals surface area (Å²) in [6.45, 7) is -2.30. The summed E-state index contributed by atoms with van der Waals surface area (Å²) in [5.74, 6) is -0.853. The highest BCUT2D eigenvalue weighted by atomic mass is 19.3. The van der Waals surface area contributed by atoms with E-state index in [0.717, 1.165) is 5.56 Å². The highest BCUT2D eigenvalue weighted by molar-refractivity contribution is 5.74. The predicted molar refractivity (Wildman–Crippen MR) is 74.8 cm³/mol. The van der Waals surface area contributed by atoms with Gasteiger partial charge in [-0.25, -0.2) is 4.79 Å². The van der Waals surface area contributed by atoms with Gasteiger partial charge in [0.2, 0.25) is 0 Å². The SMILES string of the molecule is CN(Cc1ccc(OC(F)F)cc1)C(=O)NCCCC(=O)O. The maximum Gasteiger partial charge on any atom is 0.387 e. The van der Waals surface area contributed by atoms with Gasteiger partial charge in [0.05, 0.1) is 0 Å². The minimum atomic E-state index is -2.87. The number of hydrogen-bond acceptors (Lipinski definition) is 3. The molecule has 0 aliphatic rings. The molecule has 0 bridgehead atoms. The highest BCUT2D eigenvalue weighted by Crippen LogP contribution is 2.15. The van der Waals surface area contributed by atoms with Gasteiger partial charge in [-0.3, -0.25) is 4.79 Å². The lowest BCUT2D eigenvalue weighted by molar-refractivity contribution is -0.137. The number of carboxylic acids is 1. The van der Waals surface area contributed by atoms with Crippen LogP contribution in [-0.2, 0) is 11.3 Å². The molecule has 8 heteroatoms. The number of benzene rings is 1. The molecule has 0 aromatic heterocycles. The van der Waals surface area contributed by atoms with E-state index >= 15 is 0 Å². The molecule has 0 saturated carbocycles. The Hall–Kier alpha value is -2.38. The van der Waals surface area contributed by atoms with Crippen LogP contribution in [0, 0.1) is 0 Å². The first-order valence-electron chi connectivity index (χ1n) is 6.63. The van der Waals surface area contributed by atoms with Crippen LogP contribution in [0.4, 0.5) is 13.6 Å². The van der Waals surface area contributed by atoms with Crippen LogP contribution in [0.15, 0.2) is 24.3 Å². The van der Waals surface area contributed by atoms with Gasteiger partial charge in [0.1, 0.15) is 5.75 Å². The molecule has 6 nitrogen and oxygen atoms in total. The van der Waals surface area contributed by atoms with Crippen molar-refractivity contribution >= 4 is 12.0 Å². The van der Waals surface area contributed by atoms with Gasteiger partial charge in [-0.15, -0.1) is 0 Å². The number of hydrogen-bond donors (Lipinski definition) is 2. The molecule has 1 aromatic rings. The molecule has 0 atom stereocenters. The average Bonchev–Trinajstić information content (AvgIpc) is 2.44. The second-order valence-electron chi connectivity index (χ2n) is 4.61. The second kappa shape index (κ2) is 8.81. The Morgan fingerprint density at radius 3 is 2.50 bits per heavy atom. The average molecular weight is 316 g/mol. The predicted octanol–water partition coefficient (Wildman–Crippen LogP) is 2.29. The van der Waals surface area contributed by atoms with E-state index in [1.54, 1.807) is 19.2 Å². The first-order chi connectivity index (χ1) is 10.4. The van der Waals surface area contributed by atoms with Crippen molar-refractivity contribution in [1.29, 1.82) is 0 Å². The summed E-state index contributed by atoms with van der Waals surface area (Å²) >= 11 is 0. The van der Waals surface area contributed by atoms with Crippen molar-refractivity contribution in [3.63, 3.8) is 0 Å². The van der Waals surface area contributed by atoms with Gasteiger partial charge < -0.3 is 20.1 Å². The van der Waals surface area contributed by atoms with Crippen LogP contribution in [0.3, 0.4) is 0 Å². The van der Waals surface area contributed by atoms with Crippen molar-refractivity contribution in [2.24, 2.45) is 0 Å². The number of carboxylic acid groups (broad SMARTS) is 1. The largest absolute Gasteiger partial charge is 0.481 e.